The fourth-order valence-corrected chi connectivity index (χ4v) is 1.10. The second-order valence-corrected chi connectivity index (χ2v) is 3.50. The smallest absolute Gasteiger partial charge is 0.244 e. The standard InChI is InChI=1S/C11H15N3O3/c1-8(9(2)13-15)12-14(16)10-4-6-11(17-3)7-5-10/h4-8,15H,1-3H3. The van der Waals surface area contributed by atoms with Crippen molar-refractivity contribution in [3.63, 3.8) is 0 Å². The number of nitrogens with zero attached hydrogens (tertiary/aromatic N) is 3. The number of azo groups is 1. The zero-order chi connectivity index (χ0) is 12.8. The Morgan fingerprint density at radius 1 is 1.41 bits per heavy atom. The van der Waals surface area contributed by atoms with Gasteiger partial charge in [-0.25, -0.2) is 0 Å². The molecule has 1 N–H and O–H groups in total. The van der Waals surface area contributed by atoms with Gasteiger partial charge in [0.05, 0.1) is 12.8 Å². The first kappa shape index (κ1) is 13.0. The van der Waals surface area contributed by atoms with Crippen molar-refractivity contribution in [2.75, 3.05) is 7.11 Å². The summed E-state index contributed by atoms with van der Waals surface area (Å²) in [7, 11) is 1.55. The molecule has 0 aliphatic carbocycles. The molecule has 92 valence electrons. The van der Waals surface area contributed by atoms with Crippen LogP contribution in [0.3, 0.4) is 0 Å². The largest absolute Gasteiger partial charge is 0.594 e. The summed E-state index contributed by atoms with van der Waals surface area (Å²) < 4.78 is 4.98. The molecule has 0 amide bonds. The van der Waals surface area contributed by atoms with E-state index in [1.54, 1.807) is 45.2 Å². The molecule has 0 radical (unpaired) electrons. The van der Waals surface area contributed by atoms with E-state index in [1.165, 1.54) is 0 Å². The molecule has 1 aromatic rings. The molecule has 1 aromatic carbocycles. The first-order valence-corrected chi connectivity index (χ1v) is 5.09. The van der Waals surface area contributed by atoms with Crippen molar-refractivity contribution in [1.82, 2.24) is 0 Å². The van der Waals surface area contributed by atoms with E-state index in [4.69, 9.17) is 9.94 Å². The highest BCUT2D eigenvalue weighted by atomic mass is 16.5. The molecular weight excluding hydrogens is 222 g/mol. The Kier molecular flexibility index (Phi) is 4.45. The van der Waals surface area contributed by atoms with Gasteiger partial charge in [0, 0.05) is 12.1 Å². The van der Waals surface area contributed by atoms with Gasteiger partial charge in [-0.05, 0) is 31.1 Å². The van der Waals surface area contributed by atoms with Crippen LogP contribution in [0, 0.1) is 5.21 Å². The Morgan fingerprint density at radius 3 is 2.47 bits per heavy atom. The molecular formula is C11H15N3O3. The third-order valence-corrected chi connectivity index (χ3v) is 2.33. The van der Waals surface area contributed by atoms with Crippen molar-refractivity contribution in [3.8, 4) is 5.75 Å². The third kappa shape index (κ3) is 3.44. The number of benzene rings is 1. The first-order valence-electron chi connectivity index (χ1n) is 5.09. The summed E-state index contributed by atoms with van der Waals surface area (Å²) in [5.74, 6) is 0.670. The van der Waals surface area contributed by atoms with E-state index in [1.807, 2.05) is 0 Å². The van der Waals surface area contributed by atoms with Crippen molar-refractivity contribution in [1.29, 1.82) is 0 Å². The summed E-state index contributed by atoms with van der Waals surface area (Å²) >= 11 is 0. The molecule has 0 fully saturated rings. The fraction of sp³-hybridized carbons (Fsp3) is 0.364. The Bertz CT molecular complexity index is 426. The lowest BCUT2D eigenvalue weighted by Crippen LogP contribution is -2.13. The Labute approximate surface area is 99.4 Å². The number of hydrogen-bond donors (Lipinski definition) is 1. The van der Waals surface area contributed by atoms with E-state index in [2.05, 4.69) is 10.3 Å². The van der Waals surface area contributed by atoms with E-state index in [0.717, 1.165) is 0 Å². The number of rotatable bonds is 4. The topological polar surface area (TPSA) is 80.2 Å². The number of methoxy groups -OCH3 is 1. The van der Waals surface area contributed by atoms with Crippen molar-refractivity contribution < 1.29 is 14.8 Å². The predicted molar refractivity (Wildman–Crippen MR) is 63.1 cm³/mol. The molecule has 0 heterocycles. The molecule has 0 aliphatic heterocycles. The Balaban J connectivity index is 2.88. The number of oxime groups is 1. The van der Waals surface area contributed by atoms with E-state index in [0.29, 0.717) is 22.0 Å². The zero-order valence-electron chi connectivity index (χ0n) is 9.99. The van der Waals surface area contributed by atoms with Gasteiger partial charge in [0.15, 0.2) is 6.04 Å². The first-order chi connectivity index (χ1) is 8.08. The minimum Gasteiger partial charge on any atom is -0.594 e. The maximum Gasteiger partial charge on any atom is 0.244 e. The summed E-state index contributed by atoms with van der Waals surface area (Å²) in [5, 5.41) is 27.0. The van der Waals surface area contributed by atoms with Crippen LogP contribution in [-0.4, -0.2) is 28.9 Å². The monoisotopic (exact) mass is 237 g/mol. The highest BCUT2D eigenvalue weighted by Gasteiger charge is 2.11. The molecule has 0 saturated carbocycles. The Hall–Kier alpha value is -2.11. The summed E-state index contributed by atoms with van der Waals surface area (Å²) in [6.45, 7) is 3.26. The van der Waals surface area contributed by atoms with Gasteiger partial charge >= 0.3 is 0 Å². The van der Waals surface area contributed by atoms with Crippen LogP contribution < -0.4 is 4.74 Å². The van der Waals surface area contributed by atoms with Gasteiger partial charge in [-0.2, -0.15) is 0 Å². The predicted octanol–water partition coefficient (Wildman–Crippen LogP) is 2.53. The molecule has 0 saturated heterocycles. The molecule has 0 bridgehead atoms. The summed E-state index contributed by atoms with van der Waals surface area (Å²) in [6.07, 6.45) is 0. The molecule has 17 heavy (non-hydrogen) atoms. The van der Waals surface area contributed by atoms with Gasteiger partial charge in [0.2, 0.25) is 5.69 Å². The fourth-order valence-electron chi connectivity index (χ4n) is 1.10. The zero-order valence-corrected chi connectivity index (χ0v) is 9.99. The number of hydrogen-bond acceptors (Lipinski definition) is 5. The summed E-state index contributed by atoms with van der Waals surface area (Å²) in [5.41, 5.74) is 0.766. The molecule has 0 aliphatic rings. The van der Waals surface area contributed by atoms with E-state index < -0.39 is 6.04 Å². The normalized spacial score (nSPS) is 14.5. The summed E-state index contributed by atoms with van der Waals surface area (Å²) in [6, 6.07) is 6.08. The van der Waals surface area contributed by atoms with Crippen molar-refractivity contribution >= 4 is 11.4 Å². The Morgan fingerprint density at radius 2 is 2.00 bits per heavy atom. The maximum absolute atomic E-state index is 11.6. The number of ether oxygens (including phenoxy) is 1. The van der Waals surface area contributed by atoms with Crippen LogP contribution in [0.1, 0.15) is 13.8 Å². The average molecular weight is 237 g/mol. The van der Waals surface area contributed by atoms with Crippen LogP contribution in [0.4, 0.5) is 5.69 Å². The second kappa shape index (κ2) is 5.83. The lowest BCUT2D eigenvalue weighted by atomic mass is 10.2. The van der Waals surface area contributed by atoms with Gasteiger partial charge in [0.1, 0.15) is 5.75 Å². The van der Waals surface area contributed by atoms with Crippen LogP contribution in [0.2, 0.25) is 0 Å². The van der Waals surface area contributed by atoms with Crippen LogP contribution in [0.25, 0.3) is 0 Å². The average Bonchev–Trinajstić information content (AvgIpc) is 2.37. The van der Waals surface area contributed by atoms with E-state index in [9.17, 15) is 5.21 Å². The lowest BCUT2D eigenvalue weighted by Gasteiger charge is -2.04. The minimum absolute atomic E-state index is 0.374. The van der Waals surface area contributed by atoms with Crippen molar-refractivity contribution in [2.24, 2.45) is 10.3 Å². The van der Waals surface area contributed by atoms with Crippen LogP contribution in [0.15, 0.2) is 34.5 Å². The molecule has 1 rings (SSSR count). The van der Waals surface area contributed by atoms with Crippen molar-refractivity contribution in [2.45, 2.75) is 19.9 Å². The lowest BCUT2D eigenvalue weighted by molar-refractivity contribution is -0.444. The van der Waals surface area contributed by atoms with E-state index >= 15 is 0 Å². The van der Waals surface area contributed by atoms with Crippen LogP contribution >= 0.6 is 0 Å². The SMILES string of the molecule is COc1ccc([N+]([O-])=NC(C)C(C)=NO)cc1. The van der Waals surface area contributed by atoms with Crippen LogP contribution in [-0.2, 0) is 0 Å². The maximum atomic E-state index is 11.6. The van der Waals surface area contributed by atoms with E-state index in [-0.39, 0.29) is 0 Å². The van der Waals surface area contributed by atoms with Gasteiger partial charge in [-0.1, -0.05) is 10.0 Å². The molecule has 6 nitrogen and oxygen atoms in total. The molecule has 1 unspecified atom stereocenters. The molecule has 0 spiro atoms. The van der Waals surface area contributed by atoms with Gasteiger partial charge in [0.25, 0.3) is 0 Å². The van der Waals surface area contributed by atoms with Gasteiger partial charge in [-0.15, -0.1) is 0 Å². The van der Waals surface area contributed by atoms with Gasteiger partial charge < -0.3 is 15.2 Å². The summed E-state index contributed by atoms with van der Waals surface area (Å²) in [4.78, 5) is 0.499. The van der Waals surface area contributed by atoms with Gasteiger partial charge in [-0.3, -0.25) is 0 Å². The molecule has 6 heteroatoms. The van der Waals surface area contributed by atoms with Crippen LogP contribution in [0.5, 0.6) is 5.75 Å². The third-order valence-electron chi connectivity index (χ3n) is 2.33. The minimum atomic E-state index is -0.473. The molecule has 0 aromatic heterocycles. The highest BCUT2D eigenvalue weighted by molar-refractivity contribution is 5.86. The second-order valence-electron chi connectivity index (χ2n) is 3.50. The van der Waals surface area contributed by atoms with Crippen molar-refractivity contribution in [3.05, 3.63) is 29.5 Å². The molecule has 1 atom stereocenters. The quantitative estimate of drug-likeness (QED) is 0.287. The highest BCUT2D eigenvalue weighted by Crippen LogP contribution is 2.17.